The Balaban J connectivity index is 1.95. The van der Waals surface area contributed by atoms with Gasteiger partial charge in [0.1, 0.15) is 0 Å². The number of hydrogen-bond acceptors (Lipinski definition) is 2. The lowest BCUT2D eigenvalue weighted by Crippen LogP contribution is -1.72. The van der Waals surface area contributed by atoms with Crippen LogP contribution in [0.25, 0.3) is 10.8 Å². The maximum absolute atomic E-state index is 4.31. The number of nitrogens with zero attached hydrogens (tertiary/aromatic N) is 2. The van der Waals surface area contributed by atoms with E-state index in [-0.39, 0.29) is 0 Å². The summed E-state index contributed by atoms with van der Waals surface area (Å²) in [5.41, 5.74) is 2.92. The van der Waals surface area contributed by atoms with E-state index in [0.29, 0.717) is 0 Å². The Morgan fingerprint density at radius 3 is 2.26 bits per heavy atom. The largest absolute Gasteiger partial charge is 0.151 e. The Morgan fingerprint density at radius 2 is 1.42 bits per heavy atom. The molecule has 0 atom stereocenters. The zero-order valence-electron chi connectivity index (χ0n) is 10.7. The number of rotatable bonds is 2. The number of fused-ring (bicyclic) bond motifs is 1. The molecule has 0 bridgehead atoms. The van der Waals surface area contributed by atoms with Crippen LogP contribution < -0.4 is 0 Å². The second-order valence-corrected chi connectivity index (χ2v) is 4.52. The monoisotopic (exact) mass is 246 g/mol. The van der Waals surface area contributed by atoms with Crippen molar-refractivity contribution in [3.8, 4) is 0 Å². The van der Waals surface area contributed by atoms with Gasteiger partial charge in [0.25, 0.3) is 0 Å². The van der Waals surface area contributed by atoms with Gasteiger partial charge < -0.3 is 0 Å². The van der Waals surface area contributed by atoms with Crippen LogP contribution in [0.5, 0.6) is 0 Å². The lowest BCUT2D eigenvalue weighted by atomic mass is 10.1. The van der Waals surface area contributed by atoms with E-state index < -0.39 is 0 Å². The van der Waals surface area contributed by atoms with Crippen molar-refractivity contribution in [3.05, 3.63) is 72.3 Å². The normalized spacial score (nSPS) is 11.2. The van der Waals surface area contributed by atoms with Crippen LogP contribution >= 0.6 is 0 Å². The minimum Gasteiger partial charge on any atom is -0.151 e. The summed E-state index contributed by atoms with van der Waals surface area (Å²) in [5.74, 6) is 0. The molecule has 0 N–H and O–H groups in total. The highest BCUT2D eigenvalue weighted by atomic mass is 15.1. The minimum atomic E-state index is 0.877. The molecule has 2 nitrogen and oxygen atoms in total. The number of benzene rings is 3. The van der Waals surface area contributed by atoms with Crippen LogP contribution in [0.4, 0.5) is 11.4 Å². The van der Waals surface area contributed by atoms with Gasteiger partial charge in [0.2, 0.25) is 0 Å². The van der Waals surface area contributed by atoms with Crippen molar-refractivity contribution in [2.45, 2.75) is 6.92 Å². The summed E-state index contributed by atoms with van der Waals surface area (Å²) in [7, 11) is 0. The third-order valence-corrected chi connectivity index (χ3v) is 3.12. The van der Waals surface area contributed by atoms with E-state index in [4.69, 9.17) is 0 Å². The predicted octanol–water partition coefficient (Wildman–Crippen LogP) is 5.56. The fraction of sp³-hybridized carbons (Fsp3) is 0.0588. The number of hydrogen-bond donors (Lipinski definition) is 0. The first-order valence-corrected chi connectivity index (χ1v) is 6.29. The summed E-state index contributed by atoms with van der Waals surface area (Å²) >= 11 is 0. The summed E-state index contributed by atoms with van der Waals surface area (Å²) in [6.07, 6.45) is 0. The van der Waals surface area contributed by atoms with Gasteiger partial charge in [-0.25, -0.2) is 0 Å². The van der Waals surface area contributed by atoms with Crippen LogP contribution in [-0.4, -0.2) is 0 Å². The first kappa shape index (κ1) is 11.6. The molecule has 2 heteroatoms. The highest BCUT2D eigenvalue weighted by Gasteiger charge is 1.96. The van der Waals surface area contributed by atoms with Gasteiger partial charge >= 0.3 is 0 Å². The second-order valence-electron chi connectivity index (χ2n) is 4.52. The summed E-state index contributed by atoms with van der Waals surface area (Å²) in [6, 6.07) is 22.4. The summed E-state index contributed by atoms with van der Waals surface area (Å²) in [6.45, 7) is 2.04. The van der Waals surface area contributed by atoms with Crippen LogP contribution in [0, 0.1) is 6.92 Å². The molecule has 0 saturated carbocycles. The molecular formula is C17H14N2. The van der Waals surface area contributed by atoms with Gasteiger partial charge in [0, 0.05) is 0 Å². The molecule has 3 aromatic rings. The number of azo groups is 1. The molecule has 0 aliphatic carbocycles. The molecule has 0 aliphatic heterocycles. The van der Waals surface area contributed by atoms with Crippen LogP contribution in [0.15, 0.2) is 77.0 Å². The van der Waals surface area contributed by atoms with Crippen LogP contribution in [0.1, 0.15) is 5.56 Å². The molecule has 3 rings (SSSR count). The zero-order chi connectivity index (χ0) is 13.1. The topological polar surface area (TPSA) is 24.7 Å². The van der Waals surface area contributed by atoms with E-state index in [1.54, 1.807) is 0 Å². The first-order valence-electron chi connectivity index (χ1n) is 6.29. The van der Waals surface area contributed by atoms with Gasteiger partial charge in [-0.15, -0.1) is 0 Å². The lowest BCUT2D eigenvalue weighted by Gasteiger charge is -1.99. The molecule has 0 heterocycles. The standard InChI is InChI=1S/C17H14N2/c1-13-6-2-5-9-17(13)19-18-16-11-10-14-7-3-4-8-15(14)12-16/h2-12H,1H3. The molecule has 0 spiro atoms. The van der Waals surface area contributed by atoms with E-state index in [2.05, 4.69) is 34.5 Å². The van der Waals surface area contributed by atoms with Gasteiger partial charge in [-0.3, -0.25) is 0 Å². The van der Waals surface area contributed by atoms with E-state index in [0.717, 1.165) is 16.9 Å². The Morgan fingerprint density at radius 1 is 0.684 bits per heavy atom. The van der Waals surface area contributed by atoms with Crippen LogP contribution in [0.3, 0.4) is 0 Å². The van der Waals surface area contributed by atoms with E-state index in [1.807, 2.05) is 49.4 Å². The van der Waals surface area contributed by atoms with Crippen molar-refractivity contribution in [1.29, 1.82) is 0 Å². The molecule has 0 amide bonds. The summed E-state index contributed by atoms with van der Waals surface area (Å²) in [5, 5.41) is 11.0. The van der Waals surface area contributed by atoms with Gasteiger partial charge in [-0.2, -0.15) is 10.2 Å². The molecule has 92 valence electrons. The van der Waals surface area contributed by atoms with Crippen LogP contribution in [0.2, 0.25) is 0 Å². The Labute approximate surface area is 112 Å². The molecule has 0 unspecified atom stereocenters. The van der Waals surface area contributed by atoms with Gasteiger partial charge in [-0.1, -0.05) is 48.5 Å². The van der Waals surface area contributed by atoms with E-state index in [9.17, 15) is 0 Å². The maximum Gasteiger partial charge on any atom is 0.0886 e. The average Bonchev–Trinajstić information content (AvgIpc) is 2.46. The predicted molar refractivity (Wildman–Crippen MR) is 79.3 cm³/mol. The number of aryl methyl sites for hydroxylation is 1. The van der Waals surface area contributed by atoms with E-state index >= 15 is 0 Å². The van der Waals surface area contributed by atoms with Crippen molar-refractivity contribution in [2.24, 2.45) is 10.2 Å². The molecule has 0 aromatic heterocycles. The highest BCUT2D eigenvalue weighted by molar-refractivity contribution is 5.85. The van der Waals surface area contributed by atoms with Crippen molar-refractivity contribution in [3.63, 3.8) is 0 Å². The smallest absolute Gasteiger partial charge is 0.0886 e. The Hall–Kier alpha value is -2.48. The molecule has 0 saturated heterocycles. The molecule has 3 aromatic carbocycles. The quantitative estimate of drug-likeness (QED) is 0.528. The van der Waals surface area contributed by atoms with Gasteiger partial charge in [0.05, 0.1) is 11.4 Å². The van der Waals surface area contributed by atoms with Crippen molar-refractivity contribution in [2.75, 3.05) is 0 Å². The molecule has 0 aliphatic rings. The lowest BCUT2D eigenvalue weighted by molar-refractivity contribution is 1.21. The molecule has 0 fully saturated rings. The van der Waals surface area contributed by atoms with Crippen molar-refractivity contribution >= 4 is 22.1 Å². The SMILES string of the molecule is Cc1ccccc1N=Nc1ccc2ccccc2c1. The first-order chi connectivity index (χ1) is 9.33. The third kappa shape index (κ3) is 2.52. The van der Waals surface area contributed by atoms with E-state index in [1.165, 1.54) is 10.8 Å². The molecular weight excluding hydrogens is 232 g/mol. The molecule has 0 radical (unpaired) electrons. The molecule has 19 heavy (non-hydrogen) atoms. The van der Waals surface area contributed by atoms with Crippen molar-refractivity contribution < 1.29 is 0 Å². The third-order valence-electron chi connectivity index (χ3n) is 3.12. The van der Waals surface area contributed by atoms with Gasteiger partial charge in [-0.05, 0) is 41.5 Å². The minimum absolute atomic E-state index is 0.877. The summed E-state index contributed by atoms with van der Waals surface area (Å²) in [4.78, 5) is 0. The highest BCUT2D eigenvalue weighted by Crippen LogP contribution is 2.24. The van der Waals surface area contributed by atoms with Gasteiger partial charge in [0.15, 0.2) is 0 Å². The Bertz CT molecular complexity index is 745. The second kappa shape index (κ2) is 5.02. The maximum atomic E-state index is 4.31. The van der Waals surface area contributed by atoms with Crippen molar-refractivity contribution in [1.82, 2.24) is 0 Å². The fourth-order valence-electron chi connectivity index (χ4n) is 2.03. The average molecular weight is 246 g/mol. The zero-order valence-corrected chi connectivity index (χ0v) is 10.7. The summed E-state index contributed by atoms with van der Waals surface area (Å²) < 4.78 is 0. The fourth-order valence-corrected chi connectivity index (χ4v) is 2.03. The Kier molecular flexibility index (Phi) is 3.07. The van der Waals surface area contributed by atoms with Crippen LogP contribution in [-0.2, 0) is 0 Å².